The smallest absolute Gasteiger partial charge is 0.222 e. The highest BCUT2D eigenvalue weighted by molar-refractivity contribution is 7.07. The van der Waals surface area contributed by atoms with E-state index < -0.39 is 0 Å². The molecule has 0 spiro atoms. The number of furan rings is 1. The highest BCUT2D eigenvalue weighted by Crippen LogP contribution is 2.29. The molecule has 3 heterocycles. The minimum Gasteiger partial charge on any atom is -0.466 e. The van der Waals surface area contributed by atoms with Crippen molar-refractivity contribution in [1.29, 1.82) is 0 Å². The highest BCUT2D eigenvalue weighted by atomic mass is 32.1. The first-order chi connectivity index (χ1) is 11.5. The van der Waals surface area contributed by atoms with Gasteiger partial charge in [0.05, 0.1) is 12.0 Å². The number of hydrogen-bond donors (Lipinski definition) is 1. The van der Waals surface area contributed by atoms with E-state index in [2.05, 4.69) is 16.8 Å². The van der Waals surface area contributed by atoms with Crippen molar-refractivity contribution in [3.63, 3.8) is 0 Å². The lowest BCUT2D eigenvalue weighted by Gasteiger charge is -2.17. The van der Waals surface area contributed by atoms with E-state index in [-0.39, 0.29) is 23.8 Å². The predicted molar refractivity (Wildman–Crippen MR) is 93.0 cm³/mol. The van der Waals surface area contributed by atoms with Crippen molar-refractivity contribution in [2.75, 3.05) is 13.1 Å². The maximum atomic E-state index is 12.5. The van der Waals surface area contributed by atoms with E-state index in [1.165, 1.54) is 12.5 Å². The van der Waals surface area contributed by atoms with Gasteiger partial charge in [-0.05, 0) is 47.9 Å². The predicted octanol–water partition coefficient (Wildman–Crippen LogP) is 2.71. The summed E-state index contributed by atoms with van der Waals surface area (Å²) >= 11 is 1.65. The molecule has 0 saturated carbocycles. The van der Waals surface area contributed by atoms with Crippen LogP contribution in [0.5, 0.6) is 0 Å². The number of aryl methyl sites for hydroxylation is 2. The number of carbonyl (C=O) groups is 2. The van der Waals surface area contributed by atoms with Crippen LogP contribution in [0.3, 0.4) is 0 Å². The molecule has 6 heteroatoms. The fraction of sp³-hybridized carbons (Fsp3) is 0.444. The van der Waals surface area contributed by atoms with E-state index >= 15 is 0 Å². The largest absolute Gasteiger partial charge is 0.466 e. The number of nitrogens with zero attached hydrogens (tertiary/aromatic N) is 1. The zero-order chi connectivity index (χ0) is 17.1. The maximum Gasteiger partial charge on any atom is 0.222 e. The Balaban J connectivity index is 1.66. The van der Waals surface area contributed by atoms with Crippen LogP contribution in [0, 0.1) is 6.92 Å². The molecule has 128 valence electrons. The second-order valence-corrected chi connectivity index (χ2v) is 7.07. The molecule has 0 radical (unpaired) electrons. The summed E-state index contributed by atoms with van der Waals surface area (Å²) in [5.74, 6) is 1.73. The summed E-state index contributed by atoms with van der Waals surface area (Å²) in [6.45, 7) is 4.52. The minimum absolute atomic E-state index is 0.00713. The Kier molecular flexibility index (Phi) is 5.04. The standard InChI is InChI=1S/C18H22N2O3S/c1-12-3-5-17(23-12)15-9-20(10-16(15)19-13(2)21)18(22)6-4-14-7-8-24-11-14/h3,5,7-8,11,15-16H,4,6,9-10H2,1-2H3,(H,19,21)/t15-,16-/m1/s1. The summed E-state index contributed by atoms with van der Waals surface area (Å²) in [4.78, 5) is 25.9. The zero-order valence-corrected chi connectivity index (χ0v) is 14.8. The lowest BCUT2D eigenvalue weighted by molar-refractivity contribution is -0.130. The van der Waals surface area contributed by atoms with Crippen LogP contribution in [0.4, 0.5) is 0 Å². The molecule has 0 bridgehead atoms. The highest BCUT2D eigenvalue weighted by Gasteiger charge is 2.38. The molecule has 0 unspecified atom stereocenters. The lowest BCUT2D eigenvalue weighted by Crippen LogP contribution is -2.39. The van der Waals surface area contributed by atoms with Crippen molar-refractivity contribution >= 4 is 23.2 Å². The van der Waals surface area contributed by atoms with Crippen LogP contribution in [0.2, 0.25) is 0 Å². The van der Waals surface area contributed by atoms with E-state index in [1.807, 2.05) is 29.3 Å². The molecular formula is C18H22N2O3S. The molecule has 1 aliphatic rings. The Bertz CT molecular complexity index is 708. The van der Waals surface area contributed by atoms with Gasteiger partial charge in [0, 0.05) is 26.4 Å². The van der Waals surface area contributed by atoms with Crippen LogP contribution in [0.15, 0.2) is 33.4 Å². The van der Waals surface area contributed by atoms with Crippen LogP contribution in [-0.2, 0) is 16.0 Å². The van der Waals surface area contributed by atoms with Crippen molar-refractivity contribution in [2.45, 2.75) is 38.6 Å². The topological polar surface area (TPSA) is 62.6 Å². The Labute approximate surface area is 145 Å². The summed E-state index contributed by atoms with van der Waals surface area (Å²) in [5.41, 5.74) is 1.20. The van der Waals surface area contributed by atoms with Gasteiger partial charge in [-0.3, -0.25) is 9.59 Å². The summed E-state index contributed by atoms with van der Waals surface area (Å²) in [6, 6.07) is 5.81. The van der Waals surface area contributed by atoms with Crippen molar-refractivity contribution in [3.8, 4) is 0 Å². The molecule has 1 saturated heterocycles. The van der Waals surface area contributed by atoms with Crippen LogP contribution < -0.4 is 5.32 Å². The first-order valence-corrected chi connectivity index (χ1v) is 9.09. The summed E-state index contributed by atoms with van der Waals surface area (Å²) in [6.07, 6.45) is 1.25. The number of amides is 2. The van der Waals surface area contributed by atoms with Gasteiger partial charge in [-0.25, -0.2) is 0 Å². The fourth-order valence-corrected chi connectivity index (χ4v) is 3.90. The third-order valence-electron chi connectivity index (χ3n) is 4.40. The Morgan fingerprint density at radius 1 is 1.33 bits per heavy atom. The number of nitrogens with one attached hydrogen (secondary N) is 1. The molecule has 0 aliphatic carbocycles. The van der Waals surface area contributed by atoms with E-state index in [0.29, 0.717) is 19.5 Å². The number of rotatable bonds is 5. The number of likely N-dealkylation sites (tertiary alicyclic amines) is 1. The van der Waals surface area contributed by atoms with Crippen molar-refractivity contribution < 1.29 is 14.0 Å². The molecule has 3 rings (SSSR count). The Morgan fingerprint density at radius 3 is 2.79 bits per heavy atom. The summed E-state index contributed by atoms with van der Waals surface area (Å²) in [5, 5.41) is 7.06. The number of hydrogen-bond acceptors (Lipinski definition) is 4. The van der Waals surface area contributed by atoms with Crippen molar-refractivity contribution in [1.82, 2.24) is 10.2 Å². The maximum absolute atomic E-state index is 12.5. The molecule has 1 N–H and O–H groups in total. The van der Waals surface area contributed by atoms with Gasteiger partial charge in [-0.2, -0.15) is 11.3 Å². The molecule has 2 aromatic heterocycles. The van der Waals surface area contributed by atoms with Crippen molar-refractivity contribution in [2.24, 2.45) is 0 Å². The molecular weight excluding hydrogens is 324 g/mol. The number of thiophene rings is 1. The van der Waals surface area contributed by atoms with E-state index in [1.54, 1.807) is 11.3 Å². The molecule has 5 nitrogen and oxygen atoms in total. The van der Waals surface area contributed by atoms with E-state index in [4.69, 9.17) is 4.42 Å². The third kappa shape index (κ3) is 3.87. The minimum atomic E-state index is -0.0989. The molecule has 1 fully saturated rings. The monoisotopic (exact) mass is 346 g/mol. The van der Waals surface area contributed by atoms with E-state index in [9.17, 15) is 9.59 Å². The van der Waals surface area contributed by atoms with Gasteiger partial charge in [-0.1, -0.05) is 0 Å². The molecule has 0 aromatic carbocycles. The third-order valence-corrected chi connectivity index (χ3v) is 5.13. The SMILES string of the molecule is CC(=O)N[C@@H]1CN(C(=O)CCc2ccsc2)C[C@H]1c1ccc(C)o1. The van der Waals surface area contributed by atoms with Gasteiger partial charge in [-0.15, -0.1) is 0 Å². The lowest BCUT2D eigenvalue weighted by atomic mass is 10.0. The summed E-state index contributed by atoms with van der Waals surface area (Å²) in [7, 11) is 0. The first-order valence-electron chi connectivity index (χ1n) is 8.15. The Morgan fingerprint density at radius 2 is 2.17 bits per heavy atom. The first kappa shape index (κ1) is 16.8. The van der Waals surface area contributed by atoms with Gasteiger partial charge in [0.25, 0.3) is 0 Å². The molecule has 2 aromatic rings. The van der Waals surface area contributed by atoms with E-state index in [0.717, 1.165) is 17.9 Å². The molecule has 1 aliphatic heterocycles. The second-order valence-electron chi connectivity index (χ2n) is 6.29. The van der Waals surface area contributed by atoms with Crippen LogP contribution >= 0.6 is 11.3 Å². The quantitative estimate of drug-likeness (QED) is 0.905. The fourth-order valence-electron chi connectivity index (χ4n) is 3.20. The number of carbonyl (C=O) groups excluding carboxylic acids is 2. The van der Waals surface area contributed by atoms with Gasteiger partial charge in [0.15, 0.2) is 0 Å². The second kappa shape index (κ2) is 7.21. The zero-order valence-electron chi connectivity index (χ0n) is 14.0. The molecule has 24 heavy (non-hydrogen) atoms. The van der Waals surface area contributed by atoms with Gasteiger partial charge in [0.1, 0.15) is 11.5 Å². The normalized spacial score (nSPS) is 20.3. The van der Waals surface area contributed by atoms with Gasteiger partial charge >= 0.3 is 0 Å². The van der Waals surface area contributed by atoms with Gasteiger partial charge < -0.3 is 14.6 Å². The van der Waals surface area contributed by atoms with Crippen LogP contribution in [-0.4, -0.2) is 35.8 Å². The summed E-state index contributed by atoms with van der Waals surface area (Å²) < 4.78 is 5.74. The average molecular weight is 346 g/mol. The molecule has 2 atom stereocenters. The average Bonchev–Trinajstić information content (AvgIpc) is 3.24. The van der Waals surface area contributed by atoms with Crippen LogP contribution in [0.1, 0.15) is 36.3 Å². The van der Waals surface area contributed by atoms with Gasteiger partial charge in [0.2, 0.25) is 11.8 Å². The van der Waals surface area contributed by atoms with Crippen LogP contribution in [0.25, 0.3) is 0 Å². The molecule has 2 amide bonds. The Hall–Kier alpha value is -2.08. The van der Waals surface area contributed by atoms with Crippen molar-refractivity contribution in [3.05, 3.63) is 46.0 Å².